The predicted molar refractivity (Wildman–Crippen MR) is 76.2 cm³/mol. The first-order valence-corrected chi connectivity index (χ1v) is 6.85. The number of hydrogen-bond donors (Lipinski definition) is 1. The number of carbonyl (C=O) groups is 1. The van der Waals surface area contributed by atoms with E-state index in [1.54, 1.807) is 7.11 Å². The van der Waals surface area contributed by atoms with Gasteiger partial charge in [-0.2, -0.15) is 0 Å². The standard InChI is InChI=1S/C15H22N2O2/c1-12-15(18)17(9-5-6-10-19-2)14-8-4-3-7-13(14)11-16-12/h3-4,7-8,12,16H,5-6,9-11H2,1-2H3. The highest BCUT2D eigenvalue weighted by molar-refractivity contribution is 5.98. The van der Waals surface area contributed by atoms with Gasteiger partial charge in [0.15, 0.2) is 0 Å². The molecule has 0 radical (unpaired) electrons. The summed E-state index contributed by atoms with van der Waals surface area (Å²) in [5, 5.41) is 3.27. The second-order valence-electron chi connectivity index (χ2n) is 4.92. The first kappa shape index (κ1) is 14.0. The summed E-state index contributed by atoms with van der Waals surface area (Å²) >= 11 is 0. The Bertz CT molecular complexity index is 434. The molecule has 0 fully saturated rings. The SMILES string of the molecule is COCCCCN1C(=O)C(C)NCc2ccccc21. The number of para-hydroxylation sites is 1. The summed E-state index contributed by atoms with van der Waals surface area (Å²) in [4.78, 5) is 14.3. The molecule has 1 N–H and O–H groups in total. The Morgan fingerprint density at radius 2 is 2.16 bits per heavy atom. The minimum atomic E-state index is -0.130. The van der Waals surface area contributed by atoms with Gasteiger partial charge in [-0.3, -0.25) is 4.79 Å². The number of nitrogens with zero attached hydrogens (tertiary/aromatic N) is 1. The Morgan fingerprint density at radius 1 is 1.37 bits per heavy atom. The van der Waals surface area contributed by atoms with E-state index in [9.17, 15) is 4.79 Å². The monoisotopic (exact) mass is 262 g/mol. The molecule has 1 aromatic rings. The molecule has 0 spiro atoms. The van der Waals surface area contributed by atoms with E-state index in [0.29, 0.717) is 0 Å². The van der Waals surface area contributed by atoms with Crippen molar-refractivity contribution in [2.24, 2.45) is 0 Å². The van der Waals surface area contributed by atoms with Crippen LogP contribution in [0.2, 0.25) is 0 Å². The smallest absolute Gasteiger partial charge is 0.243 e. The highest BCUT2D eigenvalue weighted by Crippen LogP contribution is 2.24. The van der Waals surface area contributed by atoms with Crippen molar-refractivity contribution in [2.75, 3.05) is 25.2 Å². The van der Waals surface area contributed by atoms with Crippen molar-refractivity contribution >= 4 is 11.6 Å². The molecule has 0 saturated carbocycles. The quantitative estimate of drug-likeness (QED) is 0.825. The number of methoxy groups -OCH3 is 1. The maximum Gasteiger partial charge on any atom is 0.243 e. The van der Waals surface area contributed by atoms with E-state index in [0.717, 1.165) is 38.2 Å². The van der Waals surface area contributed by atoms with Gasteiger partial charge in [-0.25, -0.2) is 0 Å². The maximum atomic E-state index is 12.4. The molecular formula is C15H22N2O2. The maximum absolute atomic E-state index is 12.4. The molecule has 1 heterocycles. The molecular weight excluding hydrogens is 240 g/mol. The van der Waals surface area contributed by atoms with Crippen molar-refractivity contribution in [3.63, 3.8) is 0 Å². The largest absolute Gasteiger partial charge is 0.385 e. The molecule has 4 heteroatoms. The highest BCUT2D eigenvalue weighted by atomic mass is 16.5. The van der Waals surface area contributed by atoms with Gasteiger partial charge in [0, 0.05) is 32.5 Å². The van der Waals surface area contributed by atoms with Crippen LogP contribution in [0.1, 0.15) is 25.3 Å². The van der Waals surface area contributed by atoms with Crippen LogP contribution < -0.4 is 10.2 Å². The van der Waals surface area contributed by atoms with Crippen molar-refractivity contribution in [2.45, 2.75) is 32.4 Å². The van der Waals surface area contributed by atoms with Crippen molar-refractivity contribution in [1.82, 2.24) is 5.32 Å². The van der Waals surface area contributed by atoms with Crippen LogP contribution in [0.3, 0.4) is 0 Å². The van der Waals surface area contributed by atoms with Crippen molar-refractivity contribution in [3.05, 3.63) is 29.8 Å². The summed E-state index contributed by atoms with van der Waals surface area (Å²) in [5.74, 6) is 0.155. The fourth-order valence-electron chi connectivity index (χ4n) is 2.37. The van der Waals surface area contributed by atoms with Gasteiger partial charge in [0.2, 0.25) is 5.91 Å². The van der Waals surface area contributed by atoms with Crippen LogP contribution in [-0.4, -0.2) is 32.2 Å². The molecule has 0 aromatic heterocycles. The molecule has 104 valence electrons. The summed E-state index contributed by atoms with van der Waals surface area (Å²) < 4.78 is 5.06. The number of hydrogen-bond acceptors (Lipinski definition) is 3. The average molecular weight is 262 g/mol. The van der Waals surface area contributed by atoms with E-state index in [1.165, 1.54) is 5.56 Å². The molecule has 1 aromatic carbocycles. The zero-order valence-electron chi connectivity index (χ0n) is 11.7. The van der Waals surface area contributed by atoms with E-state index in [4.69, 9.17) is 4.74 Å². The molecule has 19 heavy (non-hydrogen) atoms. The second kappa shape index (κ2) is 6.68. The summed E-state index contributed by atoms with van der Waals surface area (Å²) in [7, 11) is 1.71. The Labute approximate surface area is 114 Å². The van der Waals surface area contributed by atoms with Gasteiger partial charge >= 0.3 is 0 Å². The fraction of sp³-hybridized carbons (Fsp3) is 0.533. The molecule has 4 nitrogen and oxygen atoms in total. The molecule has 2 rings (SSSR count). The van der Waals surface area contributed by atoms with Crippen molar-refractivity contribution < 1.29 is 9.53 Å². The summed E-state index contributed by atoms with van der Waals surface area (Å²) in [6.45, 7) is 4.18. The highest BCUT2D eigenvalue weighted by Gasteiger charge is 2.26. The lowest BCUT2D eigenvalue weighted by molar-refractivity contribution is -0.120. The third-order valence-corrected chi connectivity index (χ3v) is 3.50. The van der Waals surface area contributed by atoms with Crippen LogP contribution in [0, 0.1) is 0 Å². The van der Waals surface area contributed by atoms with Crippen LogP contribution in [0.25, 0.3) is 0 Å². The molecule has 1 aliphatic heterocycles. The van der Waals surface area contributed by atoms with Gasteiger partial charge in [0.05, 0.1) is 6.04 Å². The van der Waals surface area contributed by atoms with Gasteiger partial charge in [-0.1, -0.05) is 18.2 Å². The molecule has 1 unspecified atom stereocenters. The molecule has 0 saturated heterocycles. The van der Waals surface area contributed by atoms with E-state index < -0.39 is 0 Å². The summed E-state index contributed by atoms with van der Waals surface area (Å²) in [6, 6.07) is 7.99. The lowest BCUT2D eigenvalue weighted by atomic mass is 10.1. The van der Waals surface area contributed by atoms with Crippen molar-refractivity contribution in [1.29, 1.82) is 0 Å². The first-order chi connectivity index (χ1) is 9.24. The molecule has 0 aliphatic carbocycles. The third kappa shape index (κ3) is 3.33. The van der Waals surface area contributed by atoms with E-state index in [-0.39, 0.29) is 11.9 Å². The minimum absolute atomic E-state index is 0.130. The first-order valence-electron chi connectivity index (χ1n) is 6.85. The number of rotatable bonds is 5. The molecule has 0 bridgehead atoms. The van der Waals surface area contributed by atoms with Gasteiger partial charge in [-0.05, 0) is 31.4 Å². The molecule has 1 atom stereocenters. The topological polar surface area (TPSA) is 41.6 Å². The van der Waals surface area contributed by atoms with Gasteiger partial charge in [-0.15, -0.1) is 0 Å². The number of benzene rings is 1. The second-order valence-corrected chi connectivity index (χ2v) is 4.92. The lowest BCUT2D eigenvalue weighted by Gasteiger charge is -2.24. The van der Waals surface area contributed by atoms with Crippen LogP contribution in [0.15, 0.2) is 24.3 Å². The number of nitrogens with one attached hydrogen (secondary N) is 1. The zero-order valence-corrected chi connectivity index (χ0v) is 11.7. The van der Waals surface area contributed by atoms with Crippen molar-refractivity contribution in [3.8, 4) is 0 Å². The predicted octanol–water partition coefficient (Wildman–Crippen LogP) is 1.94. The lowest BCUT2D eigenvalue weighted by Crippen LogP contribution is -2.42. The average Bonchev–Trinajstić information content (AvgIpc) is 2.55. The number of fused-ring (bicyclic) bond motifs is 1. The zero-order chi connectivity index (χ0) is 13.7. The minimum Gasteiger partial charge on any atom is -0.385 e. The van der Waals surface area contributed by atoms with Crippen LogP contribution in [-0.2, 0) is 16.1 Å². The fourth-order valence-corrected chi connectivity index (χ4v) is 2.37. The van der Waals surface area contributed by atoms with E-state index in [1.807, 2.05) is 30.0 Å². The number of anilines is 1. The number of amides is 1. The van der Waals surface area contributed by atoms with Gasteiger partial charge in [0.25, 0.3) is 0 Å². The van der Waals surface area contributed by atoms with Crippen LogP contribution >= 0.6 is 0 Å². The number of carbonyl (C=O) groups excluding carboxylic acids is 1. The van der Waals surface area contributed by atoms with Gasteiger partial charge < -0.3 is 15.0 Å². The Kier molecular flexibility index (Phi) is 4.93. The van der Waals surface area contributed by atoms with E-state index in [2.05, 4.69) is 11.4 Å². The summed E-state index contributed by atoms with van der Waals surface area (Å²) in [6.07, 6.45) is 1.94. The van der Waals surface area contributed by atoms with Gasteiger partial charge in [0.1, 0.15) is 0 Å². The number of unbranched alkanes of at least 4 members (excludes halogenated alkanes) is 1. The Morgan fingerprint density at radius 3 is 2.95 bits per heavy atom. The molecule has 1 aliphatic rings. The normalized spacial score (nSPS) is 19.2. The van der Waals surface area contributed by atoms with E-state index >= 15 is 0 Å². The summed E-state index contributed by atoms with van der Waals surface area (Å²) in [5.41, 5.74) is 2.23. The van der Waals surface area contributed by atoms with Crippen LogP contribution in [0.4, 0.5) is 5.69 Å². The third-order valence-electron chi connectivity index (χ3n) is 3.50. The number of ether oxygens (including phenoxy) is 1. The molecule has 1 amide bonds. The van der Waals surface area contributed by atoms with Crippen LogP contribution in [0.5, 0.6) is 0 Å². The Hall–Kier alpha value is -1.39. The Balaban J connectivity index is 2.14.